The number of nitrogens with one attached hydrogen (secondary N) is 1. The standard InChI is InChI=1S/C14H11ClN2O4/c15-11-6-8(1-2-12(11)18)13(19)17-7-10-5-9(14(20)21)3-4-16-10/h1-6,18H,7H2,(H,17,19)(H,20,21). The highest BCUT2D eigenvalue weighted by atomic mass is 35.5. The van der Waals surface area contributed by atoms with Crippen molar-refractivity contribution in [2.45, 2.75) is 6.54 Å². The molecule has 0 bridgehead atoms. The number of phenols is 1. The fourth-order valence-corrected chi connectivity index (χ4v) is 1.81. The summed E-state index contributed by atoms with van der Waals surface area (Å²) in [5.74, 6) is -1.57. The van der Waals surface area contributed by atoms with Crippen molar-refractivity contribution in [2.75, 3.05) is 0 Å². The van der Waals surface area contributed by atoms with E-state index in [1.54, 1.807) is 0 Å². The van der Waals surface area contributed by atoms with Crippen LogP contribution in [-0.4, -0.2) is 27.1 Å². The lowest BCUT2D eigenvalue weighted by Gasteiger charge is -2.06. The molecule has 0 aliphatic rings. The number of benzene rings is 1. The number of nitrogens with zero attached hydrogens (tertiary/aromatic N) is 1. The Morgan fingerprint density at radius 3 is 2.62 bits per heavy atom. The van der Waals surface area contributed by atoms with E-state index in [9.17, 15) is 14.7 Å². The average molecular weight is 307 g/mol. The van der Waals surface area contributed by atoms with Crippen LogP contribution in [0.2, 0.25) is 5.02 Å². The smallest absolute Gasteiger partial charge is 0.335 e. The van der Waals surface area contributed by atoms with Gasteiger partial charge in [0.25, 0.3) is 5.91 Å². The number of aromatic carboxylic acids is 1. The van der Waals surface area contributed by atoms with E-state index < -0.39 is 11.9 Å². The molecule has 0 radical (unpaired) electrons. The lowest BCUT2D eigenvalue weighted by atomic mass is 10.2. The van der Waals surface area contributed by atoms with Crippen LogP contribution in [0, 0.1) is 0 Å². The quantitative estimate of drug-likeness (QED) is 0.803. The Kier molecular flexibility index (Phi) is 4.39. The minimum absolute atomic E-state index is 0.0775. The summed E-state index contributed by atoms with van der Waals surface area (Å²) >= 11 is 5.72. The maximum Gasteiger partial charge on any atom is 0.335 e. The number of carbonyl (C=O) groups excluding carboxylic acids is 1. The molecule has 0 saturated heterocycles. The number of aromatic hydroxyl groups is 1. The summed E-state index contributed by atoms with van der Waals surface area (Å²) in [5.41, 5.74) is 0.808. The van der Waals surface area contributed by atoms with Gasteiger partial charge in [-0.2, -0.15) is 0 Å². The van der Waals surface area contributed by atoms with E-state index >= 15 is 0 Å². The molecule has 7 heteroatoms. The molecule has 1 amide bonds. The van der Waals surface area contributed by atoms with Crippen molar-refractivity contribution in [3.63, 3.8) is 0 Å². The van der Waals surface area contributed by atoms with Gasteiger partial charge in [-0.05, 0) is 30.3 Å². The van der Waals surface area contributed by atoms with Crippen molar-refractivity contribution in [3.8, 4) is 5.75 Å². The van der Waals surface area contributed by atoms with Crippen LogP contribution in [0.25, 0.3) is 0 Å². The summed E-state index contributed by atoms with van der Waals surface area (Å²) in [4.78, 5) is 26.7. The molecular weight excluding hydrogens is 296 g/mol. The van der Waals surface area contributed by atoms with E-state index in [1.807, 2.05) is 0 Å². The third-order valence-electron chi connectivity index (χ3n) is 2.70. The number of pyridine rings is 1. The molecule has 6 nitrogen and oxygen atoms in total. The van der Waals surface area contributed by atoms with Gasteiger partial charge in [-0.15, -0.1) is 0 Å². The van der Waals surface area contributed by atoms with Crippen molar-refractivity contribution in [2.24, 2.45) is 0 Å². The first-order chi connectivity index (χ1) is 9.97. The molecule has 0 aliphatic heterocycles. The molecule has 3 N–H and O–H groups in total. The number of rotatable bonds is 4. The molecule has 2 rings (SSSR count). The van der Waals surface area contributed by atoms with Crippen LogP contribution in [0.5, 0.6) is 5.75 Å². The largest absolute Gasteiger partial charge is 0.506 e. The summed E-state index contributed by atoms with van der Waals surface area (Å²) in [6.07, 6.45) is 1.36. The lowest BCUT2D eigenvalue weighted by molar-refractivity contribution is 0.0696. The average Bonchev–Trinajstić information content (AvgIpc) is 2.48. The summed E-state index contributed by atoms with van der Waals surface area (Å²) in [5, 5.41) is 20.8. The van der Waals surface area contributed by atoms with Gasteiger partial charge < -0.3 is 15.5 Å². The maximum absolute atomic E-state index is 11.9. The van der Waals surface area contributed by atoms with Gasteiger partial charge in [-0.25, -0.2) is 4.79 Å². The molecule has 0 aliphatic carbocycles. The molecule has 0 saturated carbocycles. The lowest BCUT2D eigenvalue weighted by Crippen LogP contribution is -2.23. The van der Waals surface area contributed by atoms with E-state index in [1.165, 1.54) is 36.5 Å². The second-order valence-corrected chi connectivity index (χ2v) is 4.60. The zero-order valence-corrected chi connectivity index (χ0v) is 11.5. The second kappa shape index (κ2) is 6.23. The highest BCUT2D eigenvalue weighted by Crippen LogP contribution is 2.23. The third kappa shape index (κ3) is 3.70. The van der Waals surface area contributed by atoms with Gasteiger partial charge in [0.15, 0.2) is 0 Å². The van der Waals surface area contributed by atoms with Crippen molar-refractivity contribution < 1.29 is 19.8 Å². The van der Waals surface area contributed by atoms with Crippen molar-refractivity contribution in [1.29, 1.82) is 0 Å². The normalized spacial score (nSPS) is 10.1. The predicted molar refractivity (Wildman–Crippen MR) is 75.5 cm³/mol. The van der Waals surface area contributed by atoms with E-state index in [4.69, 9.17) is 16.7 Å². The monoisotopic (exact) mass is 306 g/mol. The summed E-state index contributed by atoms with van der Waals surface area (Å²) in [7, 11) is 0. The Balaban J connectivity index is 2.05. The summed E-state index contributed by atoms with van der Waals surface area (Å²) in [6, 6.07) is 6.84. The Morgan fingerprint density at radius 1 is 1.19 bits per heavy atom. The number of hydrogen-bond acceptors (Lipinski definition) is 4. The summed E-state index contributed by atoms with van der Waals surface area (Å²) < 4.78 is 0. The van der Waals surface area contributed by atoms with Gasteiger partial charge >= 0.3 is 5.97 Å². The fourth-order valence-electron chi connectivity index (χ4n) is 1.63. The third-order valence-corrected chi connectivity index (χ3v) is 3.01. The number of carbonyl (C=O) groups is 2. The number of hydrogen-bond donors (Lipinski definition) is 3. The number of carboxylic acid groups (broad SMARTS) is 1. The van der Waals surface area contributed by atoms with E-state index in [-0.39, 0.29) is 28.4 Å². The zero-order valence-electron chi connectivity index (χ0n) is 10.7. The molecule has 1 aromatic carbocycles. The molecule has 21 heavy (non-hydrogen) atoms. The number of carboxylic acids is 1. The first kappa shape index (κ1) is 14.8. The van der Waals surface area contributed by atoms with Crippen LogP contribution in [0.4, 0.5) is 0 Å². The molecular formula is C14H11ClN2O4. The topological polar surface area (TPSA) is 99.5 Å². The van der Waals surface area contributed by atoms with E-state index in [2.05, 4.69) is 10.3 Å². The van der Waals surface area contributed by atoms with Crippen LogP contribution < -0.4 is 5.32 Å². The minimum atomic E-state index is -1.06. The number of aromatic nitrogens is 1. The molecule has 0 fully saturated rings. The highest BCUT2D eigenvalue weighted by molar-refractivity contribution is 6.32. The first-order valence-electron chi connectivity index (χ1n) is 5.92. The Bertz CT molecular complexity index is 703. The number of amides is 1. The van der Waals surface area contributed by atoms with Crippen LogP contribution >= 0.6 is 11.6 Å². The fraction of sp³-hybridized carbons (Fsp3) is 0.0714. The van der Waals surface area contributed by atoms with Crippen LogP contribution in [-0.2, 0) is 6.54 Å². The van der Waals surface area contributed by atoms with Crippen LogP contribution in [0.3, 0.4) is 0 Å². The van der Waals surface area contributed by atoms with Gasteiger partial charge in [-0.1, -0.05) is 11.6 Å². The SMILES string of the molecule is O=C(O)c1ccnc(CNC(=O)c2ccc(O)c(Cl)c2)c1. The molecule has 1 heterocycles. The van der Waals surface area contributed by atoms with E-state index in [0.717, 1.165) is 0 Å². The number of phenolic OH excluding ortho intramolecular Hbond substituents is 1. The number of halogens is 1. The van der Waals surface area contributed by atoms with Crippen molar-refractivity contribution in [1.82, 2.24) is 10.3 Å². The van der Waals surface area contributed by atoms with Gasteiger partial charge in [0.05, 0.1) is 22.8 Å². The summed E-state index contributed by atoms with van der Waals surface area (Å²) in [6.45, 7) is 0.0818. The van der Waals surface area contributed by atoms with Gasteiger partial charge in [0.1, 0.15) is 5.75 Å². The molecule has 2 aromatic rings. The van der Waals surface area contributed by atoms with Crippen LogP contribution in [0.1, 0.15) is 26.4 Å². The molecule has 0 atom stereocenters. The van der Waals surface area contributed by atoms with Crippen molar-refractivity contribution >= 4 is 23.5 Å². The second-order valence-electron chi connectivity index (χ2n) is 4.19. The van der Waals surface area contributed by atoms with Crippen molar-refractivity contribution in [3.05, 3.63) is 58.4 Å². The Labute approximate surface area is 125 Å². The van der Waals surface area contributed by atoms with E-state index in [0.29, 0.717) is 5.69 Å². The molecule has 1 aromatic heterocycles. The molecule has 108 valence electrons. The minimum Gasteiger partial charge on any atom is -0.506 e. The Hall–Kier alpha value is -2.60. The van der Waals surface area contributed by atoms with Gasteiger partial charge in [0, 0.05) is 11.8 Å². The Morgan fingerprint density at radius 2 is 1.95 bits per heavy atom. The zero-order chi connectivity index (χ0) is 15.4. The van der Waals surface area contributed by atoms with Gasteiger partial charge in [-0.3, -0.25) is 9.78 Å². The predicted octanol–water partition coefficient (Wildman–Crippen LogP) is 2.07. The van der Waals surface area contributed by atoms with Crippen LogP contribution in [0.15, 0.2) is 36.5 Å². The molecule has 0 unspecified atom stereocenters. The molecule has 0 spiro atoms. The highest BCUT2D eigenvalue weighted by Gasteiger charge is 2.09. The maximum atomic E-state index is 11.9. The first-order valence-corrected chi connectivity index (χ1v) is 6.30. The van der Waals surface area contributed by atoms with Gasteiger partial charge in [0.2, 0.25) is 0 Å².